The molecule has 220 valence electrons. The van der Waals surface area contributed by atoms with Crippen LogP contribution in [-0.2, 0) is 5.75 Å². The summed E-state index contributed by atoms with van der Waals surface area (Å²) in [5.41, 5.74) is 2.20. The molecule has 1 atom stereocenters. The predicted octanol–water partition coefficient (Wildman–Crippen LogP) is 4.06. The summed E-state index contributed by atoms with van der Waals surface area (Å²) in [7, 11) is 4.54. The number of nitrogens with one attached hydrogen (secondary N) is 1. The Bertz CT molecular complexity index is 1590. The monoisotopic (exact) mass is 593 g/mol. The highest BCUT2D eigenvalue weighted by atomic mass is 32.2. The molecule has 3 heterocycles. The molecule has 1 N–H and O–H groups in total. The number of nitro benzene ring substituents is 1. The van der Waals surface area contributed by atoms with Gasteiger partial charge in [0.05, 0.1) is 26.3 Å². The van der Waals surface area contributed by atoms with Gasteiger partial charge in [-0.25, -0.2) is 4.98 Å². The third-order valence-electron chi connectivity index (χ3n) is 6.92. The van der Waals surface area contributed by atoms with Gasteiger partial charge in [-0.1, -0.05) is 23.9 Å². The van der Waals surface area contributed by atoms with Gasteiger partial charge >= 0.3 is 0 Å². The van der Waals surface area contributed by atoms with Gasteiger partial charge in [0.1, 0.15) is 5.82 Å². The van der Waals surface area contributed by atoms with Crippen molar-refractivity contribution in [2.45, 2.75) is 36.7 Å². The van der Waals surface area contributed by atoms with Crippen molar-refractivity contribution < 1.29 is 23.9 Å². The molecular weight excluding hydrogens is 562 g/mol. The Hall–Kier alpha value is -4.59. The van der Waals surface area contributed by atoms with E-state index in [0.29, 0.717) is 46.0 Å². The quantitative estimate of drug-likeness (QED) is 0.161. The number of piperidine rings is 1. The van der Waals surface area contributed by atoms with E-state index in [-0.39, 0.29) is 17.6 Å². The number of amides is 1. The molecule has 14 heteroatoms. The average molecular weight is 594 g/mol. The van der Waals surface area contributed by atoms with Crippen molar-refractivity contribution >= 4 is 35.0 Å². The number of carbonyl (C=O) groups is 1. The van der Waals surface area contributed by atoms with Crippen LogP contribution in [0.3, 0.4) is 0 Å². The van der Waals surface area contributed by atoms with E-state index in [4.69, 9.17) is 19.3 Å². The fourth-order valence-corrected chi connectivity index (χ4v) is 5.66. The van der Waals surface area contributed by atoms with E-state index in [9.17, 15) is 14.9 Å². The van der Waals surface area contributed by atoms with Gasteiger partial charge in [0.15, 0.2) is 11.5 Å². The second-order valence-corrected chi connectivity index (χ2v) is 10.7. The van der Waals surface area contributed by atoms with Crippen LogP contribution in [0.4, 0.5) is 11.5 Å². The Labute approximate surface area is 246 Å². The second-order valence-electron chi connectivity index (χ2n) is 9.75. The van der Waals surface area contributed by atoms with Crippen LogP contribution in [-0.4, -0.2) is 70.9 Å². The van der Waals surface area contributed by atoms with E-state index in [1.165, 1.54) is 45.2 Å². The number of fused-ring (bicyclic) bond motifs is 1. The maximum atomic E-state index is 13.2. The van der Waals surface area contributed by atoms with Gasteiger partial charge in [0.2, 0.25) is 10.9 Å². The van der Waals surface area contributed by atoms with Gasteiger partial charge in [0, 0.05) is 54.3 Å². The van der Waals surface area contributed by atoms with E-state index in [2.05, 4.69) is 20.2 Å². The van der Waals surface area contributed by atoms with Crippen LogP contribution >= 0.6 is 11.8 Å². The van der Waals surface area contributed by atoms with Gasteiger partial charge in [0.25, 0.3) is 17.4 Å². The number of nitrogens with zero attached hydrogens (tertiary/aromatic N) is 6. The highest BCUT2D eigenvalue weighted by molar-refractivity contribution is 7.98. The molecule has 1 amide bonds. The predicted molar refractivity (Wildman–Crippen MR) is 157 cm³/mol. The molecule has 1 fully saturated rings. The summed E-state index contributed by atoms with van der Waals surface area (Å²) in [4.78, 5) is 35.1. The molecule has 2 aromatic carbocycles. The normalized spacial score (nSPS) is 15.0. The number of hydrogen-bond donors (Lipinski definition) is 1. The molecule has 0 radical (unpaired) electrons. The zero-order valence-corrected chi connectivity index (χ0v) is 24.5. The number of methoxy groups -OCH3 is 3. The molecule has 1 saturated heterocycles. The molecule has 5 rings (SSSR count). The van der Waals surface area contributed by atoms with E-state index in [1.807, 2.05) is 13.0 Å². The van der Waals surface area contributed by atoms with Gasteiger partial charge in [-0.3, -0.25) is 14.9 Å². The van der Waals surface area contributed by atoms with Crippen LogP contribution in [0.25, 0.3) is 5.78 Å². The minimum absolute atomic E-state index is 0.0541. The number of ether oxygens (including phenoxy) is 3. The maximum Gasteiger partial charge on any atom is 0.269 e. The molecule has 1 aliphatic rings. The number of nitro groups is 1. The highest BCUT2D eigenvalue weighted by Crippen LogP contribution is 2.38. The molecule has 0 saturated carbocycles. The summed E-state index contributed by atoms with van der Waals surface area (Å²) in [6, 6.07) is 11.6. The number of thioether (sulfide) groups is 1. The zero-order chi connectivity index (χ0) is 29.8. The Morgan fingerprint density at radius 3 is 2.45 bits per heavy atom. The Kier molecular flexibility index (Phi) is 8.61. The third-order valence-corrected chi connectivity index (χ3v) is 7.83. The molecule has 0 bridgehead atoms. The van der Waals surface area contributed by atoms with E-state index < -0.39 is 4.92 Å². The molecule has 2 aromatic heterocycles. The van der Waals surface area contributed by atoms with Crippen molar-refractivity contribution in [3.63, 3.8) is 0 Å². The van der Waals surface area contributed by atoms with E-state index in [1.54, 1.807) is 28.8 Å². The Morgan fingerprint density at radius 2 is 1.81 bits per heavy atom. The van der Waals surface area contributed by atoms with Crippen molar-refractivity contribution in [1.82, 2.24) is 24.9 Å². The topological polar surface area (TPSA) is 146 Å². The highest BCUT2D eigenvalue weighted by Gasteiger charge is 2.26. The van der Waals surface area contributed by atoms with Crippen molar-refractivity contribution in [2.75, 3.05) is 39.3 Å². The van der Waals surface area contributed by atoms with Crippen molar-refractivity contribution in [3.8, 4) is 17.2 Å². The lowest BCUT2D eigenvalue weighted by atomic mass is 10.0. The first-order valence-corrected chi connectivity index (χ1v) is 14.2. The van der Waals surface area contributed by atoms with E-state index in [0.717, 1.165) is 36.5 Å². The molecule has 13 nitrogen and oxygen atoms in total. The first kappa shape index (κ1) is 28.9. The lowest BCUT2D eigenvalue weighted by Gasteiger charge is -2.34. The molecule has 42 heavy (non-hydrogen) atoms. The zero-order valence-electron chi connectivity index (χ0n) is 23.7. The van der Waals surface area contributed by atoms with Crippen LogP contribution in [0, 0.1) is 17.0 Å². The van der Waals surface area contributed by atoms with E-state index >= 15 is 0 Å². The maximum absolute atomic E-state index is 13.2. The lowest BCUT2D eigenvalue weighted by Crippen LogP contribution is -2.48. The SMILES string of the molecule is COc1cc(C(=O)NC2CCCN(c3cc(C)nc4nc(SCc5ccc([N+](=O)[O-])cc5)nn34)C2)cc(OC)c1OC. The minimum Gasteiger partial charge on any atom is -0.493 e. The fraction of sp³-hybridized carbons (Fsp3) is 0.357. The summed E-state index contributed by atoms with van der Waals surface area (Å²) >= 11 is 1.43. The summed E-state index contributed by atoms with van der Waals surface area (Å²) in [5, 5.41) is 19.3. The van der Waals surface area contributed by atoms with Gasteiger partial charge in [-0.15, -0.1) is 5.10 Å². The standard InChI is InChI=1S/C28H31N7O6S/c1-17-12-24(34-27(29-17)31-28(32-34)42-16-18-7-9-21(10-8-18)35(37)38)33-11-5-6-20(15-33)30-26(36)19-13-22(39-2)25(41-4)23(14-19)40-3/h7-10,12-14,20H,5-6,11,15-16H2,1-4H3,(H,30,36). The van der Waals surface area contributed by atoms with Crippen LogP contribution in [0.15, 0.2) is 47.6 Å². The molecule has 4 aromatic rings. The van der Waals surface area contributed by atoms with Crippen LogP contribution in [0.1, 0.15) is 34.5 Å². The van der Waals surface area contributed by atoms with Gasteiger partial charge in [-0.05, 0) is 37.5 Å². The summed E-state index contributed by atoms with van der Waals surface area (Å²) in [6.45, 7) is 3.29. The number of carbonyl (C=O) groups excluding carboxylic acids is 1. The number of aryl methyl sites for hydroxylation is 1. The van der Waals surface area contributed by atoms with Gasteiger partial charge in [-0.2, -0.15) is 9.50 Å². The number of benzene rings is 2. The Morgan fingerprint density at radius 1 is 1.10 bits per heavy atom. The van der Waals surface area contributed by atoms with Crippen molar-refractivity contribution in [3.05, 3.63) is 69.4 Å². The van der Waals surface area contributed by atoms with Crippen molar-refractivity contribution in [2.24, 2.45) is 0 Å². The molecule has 0 spiro atoms. The number of anilines is 1. The second kappa shape index (κ2) is 12.5. The van der Waals surface area contributed by atoms with Gasteiger partial charge < -0.3 is 24.4 Å². The first-order valence-electron chi connectivity index (χ1n) is 13.3. The number of hydrogen-bond acceptors (Lipinski definition) is 11. The summed E-state index contributed by atoms with van der Waals surface area (Å²) in [5.74, 6) is 2.91. The van der Waals surface area contributed by atoms with Crippen LogP contribution < -0.4 is 24.4 Å². The van der Waals surface area contributed by atoms with Crippen LogP contribution in [0.2, 0.25) is 0 Å². The summed E-state index contributed by atoms with van der Waals surface area (Å²) in [6.07, 6.45) is 1.70. The first-order chi connectivity index (χ1) is 20.3. The number of rotatable bonds is 10. The third kappa shape index (κ3) is 6.17. The smallest absolute Gasteiger partial charge is 0.269 e. The summed E-state index contributed by atoms with van der Waals surface area (Å²) < 4.78 is 17.9. The number of aromatic nitrogens is 4. The minimum atomic E-state index is -0.417. The largest absolute Gasteiger partial charge is 0.493 e. The molecular formula is C28H31N7O6S. The molecule has 1 unspecified atom stereocenters. The average Bonchev–Trinajstić information content (AvgIpc) is 3.41. The molecule has 0 aliphatic carbocycles. The lowest BCUT2D eigenvalue weighted by molar-refractivity contribution is -0.384. The number of non-ortho nitro benzene ring substituents is 1. The van der Waals surface area contributed by atoms with Crippen LogP contribution in [0.5, 0.6) is 17.2 Å². The van der Waals surface area contributed by atoms with Crippen molar-refractivity contribution in [1.29, 1.82) is 0 Å². The fourth-order valence-electron chi connectivity index (χ4n) is 4.88. The molecule has 1 aliphatic heterocycles. The Balaban J connectivity index is 1.31.